The van der Waals surface area contributed by atoms with Gasteiger partial charge in [-0.15, -0.1) is 0 Å². The van der Waals surface area contributed by atoms with Crippen LogP contribution in [0, 0.1) is 0 Å². The summed E-state index contributed by atoms with van der Waals surface area (Å²) in [7, 11) is 2.02. The van der Waals surface area contributed by atoms with Crippen LogP contribution in [0.25, 0.3) is 0 Å². The van der Waals surface area contributed by atoms with Crippen LogP contribution in [0.3, 0.4) is 0 Å². The molecule has 0 saturated carbocycles. The molecular weight excluding hydrogens is 242 g/mol. The second-order valence-corrected chi connectivity index (χ2v) is 5.18. The molecule has 2 aromatic rings. The van der Waals surface area contributed by atoms with E-state index in [-0.39, 0.29) is 0 Å². The third kappa shape index (κ3) is 2.82. The van der Waals surface area contributed by atoms with Crippen molar-refractivity contribution in [3.63, 3.8) is 0 Å². The normalized spacial score (nSPS) is 12.8. The van der Waals surface area contributed by atoms with Gasteiger partial charge in [0.2, 0.25) is 0 Å². The number of hydrogen-bond donors (Lipinski definition) is 1. The third-order valence-corrected chi connectivity index (χ3v) is 3.98. The van der Waals surface area contributed by atoms with Gasteiger partial charge < -0.3 is 5.32 Å². The SMILES string of the molecule is CCc1cc(CC(NC)c2ccsc2)n(CC)n1. The van der Waals surface area contributed by atoms with Gasteiger partial charge in [0, 0.05) is 24.7 Å². The maximum absolute atomic E-state index is 4.61. The van der Waals surface area contributed by atoms with E-state index in [4.69, 9.17) is 0 Å². The van der Waals surface area contributed by atoms with Gasteiger partial charge in [-0.2, -0.15) is 16.4 Å². The van der Waals surface area contributed by atoms with Crippen molar-refractivity contribution < 1.29 is 0 Å². The Kier molecular flexibility index (Phi) is 4.55. The molecule has 0 aromatic carbocycles. The smallest absolute Gasteiger partial charge is 0.0624 e. The van der Waals surface area contributed by atoms with Crippen molar-refractivity contribution in [3.8, 4) is 0 Å². The van der Waals surface area contributed by atoms with Crippen LogP contribution in [0.15, 0.2) is 22.9 Å². The third-order valence-electron chi connectivity index (χ3n) is 3.28. The first-order valence-corrected chi connectivity index (χ1v) is 7.47. The Morgan fingerprint density at radius 2 is 2.28 bits per heavy atom. The highest BCUT2D eigenvalue weighted by molar-refractivity contribution is 7.07. The molecule has 0 fully saturated rings. The van der Waals surface area contributed by atoms with E-state index in [1.807, 2.05) is 7.05 Å². The van der Waals surface area contributed by atoms with Crippen molar-refractivity contribution in [2.24, 2.45) is 0 Å². The largest absolute Gasteiger partial charge is 0.313 e. The zero-order valence-electron chi connectivity index (χ0n) is 11.3. The molecule has 2 heterocycles. The summed E-state index contributed by atoms with van der Waals surface area (Å²) in [4.78, 5) is 0. The monoisotopic (exact) mass is 263 g/mol. The van der Waals surface area contributed by atoms with Crippen molar-refractivity contribution in [2.45, 2.75) is 39.3 Å². The minimum atomic E-state index is 0.378. The predicted octanol–water partition coefficient (Wildman–Crippen LogP) is 3.03. The highest BCUT2D eigenvalue weighted by Gasteiger charge is 2.14. The number of aryl methyl sites for hydroxylation is 2. The molecule has 0 aliphatic carbocycles. The number of hydrogen-bond acceptors (Lipinski definition) is 3. The number of nitrogens with zero attached hydrogens (tertiary/aromatic N) is 2. The summed E-state index contributed by atoms with van der Waals surface area (Å²) in [6, 6.07) is 4.81. The molecule has 2 aromatic heterocycles. The highest BCUT2D eigenvalue weighted by Crippen LogP contribution is 2.21. The standard InChI is InChI=1S/C14H21N3S/c1-4-12-8-13(17(5-2)16-12)9-14(15-3)11-6-7-18-10-11/h6-8,10,14-15H,4-5,9H2,1-3H3. The number of thiophene rings is 1. The van der Waals surface area contributed by atoms with Gasteiger partial charge in [-0.1, -0.05) is 6.92 Å². The van der Waals surface area contributed by atoms with E-state index in [0.717, 1.165) is 19.4 Å². The van der Waals surface area contributed by atoms with Crippen LogP contribution in [-0.2, 0) is 19.4 Å². The van der Waals surface area contributed by atoms with Crippen LogP contribution in [-0.4, -0.2) is 16.8 Å². The van der Waals surface area contributed by atoms with Crippen LogP contribution in [0.2, 0.25) is 0 Å². The van der Waals surface area contributed by atoms with Gasteiger partial charge in [0.25, 0.3) is 0 Å². The topological polar surface area (TPSA) is 29.9 Å². The zero-order valence-corrected chi connectivity index (χ0v) is 12.1. The van der Waals surface area contributed by atoms with Gasteiger partial charge in [0.15, 0.2) is 0 Å². The summed E-state index contributed by atoms with van der Waals surface area (Å²) in [5.74, 6) is 0. The van der Waals surface area contributed by atoms with Gasteiger partial charge in [-0.25, -0.2) is 0 Å². The van der Waals surface area contributed by atoms with E-state index >= 15 is 0 Å². The second kappa shape index (κ2) is 6.16. The Labute approximate surface area is 113 Å². The van der Waals surface area contributed by atoms with Gasteiger partial charge in [-0.3, -0.25) is 4.68 Å². The molecule has 18 heavy (non-hydrogen) atoms. The van der Waals surface area contributed by atoms with Crippen molar-refractivity contribution in [2.75, 3.05) is 7.05 Å². The maximum Gasteiger partial charge on any atom is 0.0624 e. The average molecular weight is 263 g/mol. The molecule has 2 rings (SSSR count). The molecule has 0 bridgehead atoms. The fourth-order valence-corrected chi connectivity index (χ4v) is 2.91. The lowest BCUT2D eigenvalue weighted by Crippen LogP contribution is -2.20. The summed E-state index contributed by atoms with van der Waals surface area (Å²) < 4.78 is 2.12. The zero-order chi connectivity index (χ0) is 13.0. The van der Waals surface area contributed by atoms with Crippen molar-refractivity contribution in [1.82, 2.24) is 15.1 Å². The quantitative estimate of drug-likeness (QED) is 0.868. The first-order valence-electron chi connectivity index (χ1n) is 6.53. The molecule has 98 valence electrons. The Hall–Kier alpha value is -1.13. The summed E-state index contributed by atoms with van der Waals surface area (Å²) >= 11 is 1.75. The lowest BCUT2D eigenvalue weighted by molar-refractivity contribution is 0.541. The molecule has 0 aliphatic heterocycles. The molecule has 0 amide bonds. The van der Waals surface area contributed by atoms with Crippen LogP contribution < -0.4 is 5.32 Å². The molecule has 4 heteroatoms. The Morgan fingerprint density at radius 3 is 2.83 bits per heavy atom. The molecule has 0 spiro atoms. The van der Waals surface area contributed by atoms with E-state index in [2.05, 4.69) is 51.8 Å². The van der Waals surface area contributed by atoms with Crippen molar-refractivity contribution in [1.29, 1.82) is 0 Å². The molecule has 1 unspecified atom stereocenters. The van der Waals surface area contributed by atoms with E-state index in [0.29, 0.717) is 6.04 Å². The number of nitrogens with one attached hydrogen (secondary N) is 1. The summed E-state index contributed by atoms with van der Waals surface area (Å²) in [5, 5.41) is 12.4. The number of likely N-dealkylation sites (N-methyl/N-ethyl adjacent to an activating group) is 1. The average Bonchev–Trinajstić information content (AvgIpc) is 3.04. The van der Waals surface area contributed by atoms with Gasteiger partial charge >= 0.3 is 0 Å². The lowest BCUT2D eigenvalue weighted by Gasteiger charge is -2.15. The summed E-state index contributed by atoms with van der Waals surface area (Å²) in [6.07, 6.45) is 2.00. The van der Waals surface area contributed by atoms with E-state index < -0.39 is 0 Å². The molecule has 0 aliphatic rings. The fourth-order valence-electron chi connectivity index (χ4n) is 2.19. The van der Waals surface area contributed by atoms with Crippen LogP contribution in [0.4, 0.5) is 0 Å². The molecule has 1 N–H and O–H groups in total. The van der Waals surface area contributed by atoms with Crippen LogP contribution in [0.5, 0.6) is 0 Å². The van der Waals surface area contributed by atoms with Crippen LogP contribution in [0.1, 0.15) is 36.8 Å². The fraction of sp³-hybridized carbons (Fsp3) is 0.500. The minimum Gasteiger partial charge on any atom is -0.313 e. The highest BCUT2D eigenvalue weighted by atomic mass is 32.1. The first kappa shape index (κ1) is 13.3. The molecule has 1 atom stereocenters. The molecule has 3 nitrogen and oxygen atoms in total. The van der Waals surface area contributed by atoms with Crippen molar-refractivity contribution in [3.05, 3.63) is 39.8 Å². The number of aromatic nitrogens is 2. The van der Waals surface area contributed by atoms with E-state index in [1.165, 1.54) is 17.0 Å². The number of rotatable bonds is 6. The van der Waals surface area contributed by atoms with Gasteiger partial charge in [-0.05, 0) is 48.8 Å². The lowest BCUT2D eigenvalue weighted by atomic mass is 10.1. The molecule has 0 saturated heterocycles. The van der Waals surface area contributed by atoms with E-state index in [9.17, 15) is 0 Å². The van der Waals surface area contributed by atoms with Gasteiger partial charge in [0.1, 0.15) is 0 Å². The van der Waals surface area contributed by atoms with Crippen LogP contribution >= 0.6 is 11.3 Å². The second-order valence-electron chi connectivity index (χ2n) is 4.40. The Morgan fingerprint density at radius 1 is 1.44 bits per heavy atom. The Bertz CT molecular complexity index is 473. The van der Waals surface area contributed by atoms with Gasteiger partial charge in [0.05, 0.1) is 5.69 Å². The predicted molar refractivity (Wildman–Crippen MR) is 77.1 cm³/mol. The Balaban J connectivity index is 2.19. The molecule has 0 radical (unpaired) electrons. The van der Waals surface area contributed by atoms with Crippen molar-refractivity contribution >= 4 is 11.3 Å². The van der Waals surface area contributed by atoms with E-state index in [1.54, 1.807) is 11.3 Å². The summed E-state index contributed by atoms with van der Waals surface area (Å²) in [6.45, 7) is 5.24. The first-order chi connectivity index (χ1) is 8.78. The minimum absolute atomic E-state index is 0.378. The molecular formula is C14H21N3S. The maximum atomic E-state index is 4.61. The summed E-state index contributed by atoms with van der Waals surface area (Å²) in [5.41, 5.74) is 3.87.